The fourth-order valence-electron chi connectivity index (χ4n) is 2.28. The van der Waals surface area contributed by atoms with Gasteiger partial charge in [0.2, 0.25) is 0 Å². The van der Waals surface area contributed by atoms with Gasteiger partial charge in [-0.2, -0.15) is 0 Å². The Balaban J connectivity index is 2.02. The maximum absolute atomic E-state index is 11.6. The summed E-state index contributed by atoms with van der Waals surface area (Å²) in [4.78, 5) is 11.6. The number of fused-ring (bicyclic) bond motifs is 1. The van der Waals surface area contributed by atoms with Crippen molar-refractivity contribution in [1.82, 2.24) is 0 Å². The zero-order valence-electron chi connectivity index (χ0n) is 11.3. The van der Waals surface area contributed by atoms with Crippen LogP contribution in [0.2, 0.25) is 0 Å². The first-order valence-corrected chi connectivity index (χ1v) is 7.02. The maximum Gasteiger partial charge on any atom is 0.256 e. The molecule has 0 radical (unpaired) electrons. The fourth-order valence-corrected chi connectivity index (χ4v) is 2.43. The second-order valence-corrected chi connectivity index (χ2v) is 5.05. The molecule has 0 aromatic heterocycles. The first-order valence-electron chi connectivity index (χ1n) is 6.64. The van der Waals surface area contributed by atoms with E-state index in [0.29, 0.717) is 17.9 Å². The SMILES string of the molecule is O=C(Cl)c1ccc2ccccc2c1OCc1ccccc1. The van der Waals surface area contributed by atoms with Gasteiger partial charge in [-0.3, -0.25) is 4.79 Å². The van der Waals surface area contributed by atoms with Crippen molar-refractivity contribution in [1.29, 1.82) is 0 Å². The summed E-state index contributed by atoms with van der Waals surface area (Å²) in [5.41, 5.74) is 1.43. The molecule has 0 saturated carbocycles. The molecule has 3 heteroatoms. The van der Waals surface area contributed by atoms with Crippen LogP contribution in [0.25, 0.3) is 10.8 Å². The molecule has 104 valence electrons. The van der Waals surface area contributed by atoms with Crippen molar-refractivity contribution in [2.75, 3.05) is 0 Å². The average molecular weight is 297 g/mol. The number of carbonyl (C=O) groups is 1. The molecule has 0 aliphatic heterocycles. The van der Waals surface area contributed by atoms with Crippen LogP contribution in [-0.4, -0.2) is 5.24 Å². The van der Waals surface area contributed by atoms with Crippen LogP contribution in [0.15, 0.2) is 66.7 Å². The quantitative estimate of drug-likeness (QED) is 0.647. The lowest BCUT2D eigenvalue weighted by atomic mass is 10.1. The highest BCUT2D eigenvalue weighted by molar-refractivity contribution is 6.68. The number of ether oxygens (including phenoxy) is 1. The normalized spacial score (nSPS) is 10.5. The average Bonchev–Trinajstić information content (AvgIpc) is 2.53. The lowest BCUT2D eigenvalue weighted by Gasteiger charge is -2.12. The van der Waals surface area contributed by atoms with Crippen LogP contribution in [0.4, 0.5) is 0 Å². The molecular weight excluding hydrogens is 284 g/mol. The molecule has 0 unspecified atom stereocenters. The third kappa shape index (κ3) is 2.91. The second-order valence-electron chi connectivity index (χ2n) is 4.71. The zero-order valence-corrected chi connectivity index (χ0v) is 12.0. The molecule has 0 amide bonds. The second kappa shape index (κ2) is 5.98. The number of carbonyl (C=O) groups excluding carboxylic acids is 1. The van der Waals surface area contributed by atoms with E-state index in [4.69, 9.17) is 16.3 Å². The maximum atomic E-state index is 11.6. The first-order chi connectivity index (χ1) is 10.3. The van der Waals surface area contributed by atoms with Gasteiger partial charge in [-0.1, -0.05) is 60.7 Å². The minimum Gasteiger partial charge on any atom is -0.487 e. The van der Waals surface area contributed by atoms with Crippen molar-refractivity contribution >= 4 is 27.6 Å². The summed E-state index contributed by atoms with van der Waals surface area (Å²) in [6.45, 7) is 0.395. The molecule has 0 atom stereocenters. The molecule has 0 bridgehead atoms. The van der Waals surface area contributed by atoms with E-state index >= 15 is 0 Å². The van der Waals surface area contributed by atoms with Crippen molar-refractivity contribution in [2.45, 2.75) is 6.61 Å². The predicted octanol–water partition coefficient (Wildman–Crippen LogP) is 4.80. The Hall–Kier alpha value is -2.32. The summed E-state index contributed by atoms with van der Waals surface area (Å²) in [5, 5.41) is 1.39. The van der Waals surface area contributed by atoms with Crippen molar-refractivity contribution < 1.29 is 9.53 Å². The standard InChI is InChI=1S/C18H13ClO2/c19-18(20)16-11-10-14-8-4-5-9-15(14)17(16)21-12-13-6-2-1-3-7-13/h1-11H,12H2. The molecule has 21 heavy (non-hydrogen) atoms. The van der Waals surface area contributed by atoms with Crippen LogP contribution in [0.5, 0.6) is 5.75 Å². The fraction of sp³-hybridized carbons (Fsp3) is 0.0556. The third-order valence-electron chi connectivity index (χ3n) is 3.32. The molecule has 0 saturated heterocycles. The highest BCUT2D eigenvalue weighted by Gasteiger charge is 2.14. The lowest BCUT2D eigenvalue weighted by Crippen LogP contribution is -2.01. The summed E-state index contributed by atoms with van der Waals surface area (Å²) in [6.07, 6.45) is 0. The molecule has 0 aliphatic carbocycles. The molecule has 3 aromatic rings. The van der Waals surface area contributed by atoms with Gasteiger partial charge in [0.1, 0.15) is 12.4 Å². The Labute approximate surface area is 127 Å². The van der Waals surface area contributed by atoms with Gasteiger partial charge >= 0.3 is 0 Å². The monoisotopic (exact) mass is 296 g/mol. The first kappa shape index (κ1) is 13.7. The summed E-state index contributed by atoms with van der Waals surface area (Å²) >= 11 is 5.67. The Bertz CT molecular complexity index is 782. The van der Waals surface area contributed by atoms with Gasteiger partial charge in [0, 0.05) is 5.39 Å². The summed E-state index contributed by atoms with van der Waals surface area (Å²) in [5.74, 6) is 0.539. The van der Waals surface area contributed by atoms with Crippen molar-refractivity contribution in [3.63, 3.8) is 0 Å². The molecule has 0 fully saturated rings. The lowest BCUT2D eigenvalue weighted by molar-refractivity contribution is 0.107. The Kier molecular flexibility index (Phi) is 3.89. The Morgan fingerprint density at radius 2 is 1.62 bits per heavy atom. The van der Waals surface area contributed by atoms with Crippen LogP contribution in [0.3, 0.4) is 0 Å². The van der Waals surface area contributed by atoms with Crippen molar-refractivity contribution in [3.8, 4) is 5.75 Å². The summed E-state index contributed by atoms with van der Waals surface area (Å²) < 4.78 is 5.89. The number of hydrogen-bond acceptors (Lipinski definition) is 2. The van der Waals surface area contributed by atoms with Gasteiger partial charge in [0.05, 0.1) is 5.56 Å². The van der Waals surface area contributed by atoms with Crippen LogP contribution < -0.4 is 4.74 Å². The molecule has 0 heterocycles. The van der Waals surface area contributed by atoms with E-state index < -0.39 is 5.24 Å². The Morgan fingerprint density at radius 1 is 0.905 bits per heavy atom. The van der Waals surface area contributed by atoms with Crippen LogP contribution >= 0.6 is 11.6 Å². The molecule has 3 aromatic carbocycles. The molecule has 3 rings (SSSR count). The number of benzene rings is 3. The van der Waals surface area contributed by atoms with E-state index in [2.05, 4.69) is 0 Å². The number of hydrogen-bond donors (Lipinski definition) is 0. The van der Waals surface area contributed by atoms with Crippen molar-refractivity contribution in [3.05, 3.63) is 77.9 Å². The van der Waals surface area contributed by atoms with E-state index in [1.807, 2.05) is 60.7 Å². The highest BCUT2D eigenvalue weighted by Crippen LogP contribution is 2.31. The minimum absolute atomic E-state index is 0.395. The molecule has 0 spiro atoms. The van der Waals surface area contributed by atoms with Crippen molar-refractivity contribution in [2.24, 2.45) is 0 Å². The van der Waals surface area contributed by atoms with Gasteiger partial charge in [-0.15, -0.1) is 0 Å². The van der Waals surface area contributed by atoms with Gasteiger partial charge in [-0.05, 0) is 28.6 Å². The highest BCUT2D eigenvalue weighted by atomic mass is 35.5. The van der Waals surface area contributed by atoms with Gasteiger partial charge in [0.15, 0.2) is 0 Å². The molecular formula is C18H13ClO2. The van der Waals surface area contributed by atoms with E-state index in [1.54, 1.807) is 6.07 Å². The minimum atomic E-state index is -0.510. The van der Waals surface area contributed by atoms with Gasteiger partial charge in [0.25, 0.3) is 5.24 Å². The molecule has 2 nitrogen and oxygen atoms in total. The summed E-state index contributed by atoms with van der Waals surface area (Å²) in [7, 11) is 0. The zero-order chi connectivity index (χ0) is 14.7. The van der Waals surface area contributed by atoms with E-state index in [9.17, 15) is 4.79 Å². The largest absolute Gasteiger partial charge is 0.487 e. The third-order valence-corrected chi connectivity index (χ3v) is 3.52. The van der Waals surface area contributed by atoms with E-state index in [0.717, 1.165) is 16.3 Å². The number of rotatable bonds is 4. The smallest absolute Gasteiger partial charge is 0.256 e. The van der Waals surface area contributed by atoms with E-state index in [1.165, 1.54) is 0 Å². The van der Waals surface area contributed by atoms with Crippen LogP contribution in [-0.2, 0) is 6.61 Å². The Morgan fingerprint density at radius 3 is 2.38 bits per heavy atom. The van der Waals surface area contributed by atoms with Gasteiger partial charge < -0.3 is 4.74 Å². The number of halogens is 1. The topological polar surface area (TPSA) is 26.3 Å². The van der Waals surface area contributed by atoms with Crippen LogP contribution in [0.1, 0.15) is 15.9 Å². The van der Waals surface area contributed by atoms with Gasteiger partial charge in [-0.25, -0.2) is 0 Å². The predicted molar refractivity (Wildman–Crippen MR) is 84.9 cm³/mol. The molecule has 0 N–H and O–H groups in total. The summed E-state index contributed by atoms with van der Waals surface area (Å²) in [6, 6.07) is 21.2. The van der Waals surface area contributed by atoms with E-state index in [-0.39, 0.29) is 0 Å². The van der Waals surface area contributed by atoms with Crippen LogP contribution in [0, 0.1) is 0 Å². The molecule has 0 aliphatic rings.